The first kappa shape index (κ1) is 17.0. The number of aryl methyl sites for hydroxylation is 2. The van der Waals surface area contributed by atoms with Crippen LogP contribution >= 0.6 is 34.5 Å². The van der Waals surface area contributed by atoms with Gasteiger partial charge in [-0.25, -0.2) is 9.97 Å². The van der Waals surface area contributed by atoms with Crippen molar-refractivity contribution in [3.05, 3.63) is 44.5 Å². The Morgan fingerprint density at radius 3 is 2.79 bits per heavy atom. The molecule has 0 aliphatic rings. The molecular weight excluding hydrogens is 367 g/mol. The van der Waals surface area contributed by atoms with Gasteiger partial charge in [-0.2, -0.15) is 5.10 Å². The molecule has 0 fully saturated rings. The van der Waals surface area contributed by atoms with Crippen molar-refractivity contribution in [1.29, 1.82) is 0 Å². The van der Waals surface area contributed by atoms with E-state index in [9.17, 15) is 0 Å². The van der Waals surface area contributed by atoms with E-state index < -0.39 is 0 Å². The minimum Gasteiger partial charge on any atom is -0.495 e. The van der Waals surface area contributed by atoms with Crippen LogP contribution in [-0.4, -0.2) is 23.3 Å². The van der Waals surface area contributed by atoms with E-state index in [1.54, 1.807) is 36.8 Å². The number of rotatable bonds is 4. The van der Waals surface area contributed by atoms with Crippen LogP contribution in [0, 0.1) is 13.8 Å². The van der Waals surface area contributed by atoms with Crippen molar-refractivity contribution in [1.82, 2.24) is 9.97 Å². The first-order chi connectivity index (χ1) is 11.5. The second-order valence-electron chi connectivity index (χ2n) is 5.07. The maximum atomic E-state index is 6.12. The second kappa shape index (κ2) is 6.93. The summed E-state index contributed by atoms with van der Waals surface area (Å²) in [6.07, 6.45) is 3.12. The van der Waals surface area contributed by atoms with Gasteiger partial charge in [-0.3, -0.25) is 5.43 Å². The topological polar surface area (TPSA) is 59.4 Å². The summed E-state index contributed by atoms with van der Waals surface area (Å²) >= 11 is 13.8. The van der Waals surface area contributed by atoms with E-state index in [4.69, 9.17) is 27.9 Å². The molecule has 1 aromatic carbocycles. The molecule has 0 radical (unpaired) electrons. The lowest BCUT2D eigenvalue weighted by atomic mass is 10.2. The third-order valence-corrected chi connectivity index (χ3v) is 5.19. The number of ether oxygens (including phenoxy) is 1. The van der Waals surface area contributed by atoms with E-state index >= 15 is 0 Å². The lowest BCUT2D eigenvalue weighted by Crippen LogP contribution is -1.97. The summed E-state index contributed by atoms with van der Waals surface area (Å²) in [5.74, 6) is 1.17. The molecule has 0 aliphatic heterocycles. The first-order valence-corrected chi connectivity index (χ1v) is 8.61. The van der Waals surface area contributed by atoms with Crippen LogP contribution in [-0.2, 0) is 0 Å². The smallest absolute Gasteiger partial charge is 0.158 e. The summed E-state index contributed by atoms with van der Waals surface area (Å²) < 4.78 is 5.29. The number of nitrogens with one attached hydrogen (secondary N) is 1. The number of hydrogen-bond donors (Lipinski definition) is 1. The van der Waals surface area contributed by atoms with E-state index in [0.29, 0.717) is 27.2 Å². The fraction of sp³-hybridized carbons (Fsp3) is 0.188. The third kappa shape index (κ3) is 3.17. The summed E-state index contributed by atoms with van der Waals surface area (Å²) in [6, 6.07) is 3.35. The van der Waals surface area contributed by atoms with Crippen LogP contribution in [0.15, 0.2) is 23.6 Å². The van der Waals surface area contributed by atoms with Gasteiger partial charge in [0, 0.05) is 15.5 Å². The summed E-state index contributed by atoms with van der Waals surface area (Å²) in [7, 11) is 1.55. The van der Waals surface area contributed by atoms with Crippen molar-refractivity contribution in [2.24, 2.45) is 5.10 Å². The number of methoxy groups -OCH3 is 1. The number of fused-ring (bicyclic) bond motifs is 1. The molecule has 3 aromatic rings. The molecule has 0 atom stereocenters. The quantitative estimate of drug-likeness (QED) is 0.506. The fourth-order valence-corrected chi connectivity index (χ4v) is 3.90. The van der Waals surface area contributed by atoms with Gasteiger partial charge in [0.15, 0.2) is 5.82 Å². The molecule has 0 bridgehead atoms. The van der Waals surface area contributed by atoms with E-state index in [0.717, 1.165) is 15.8 Å². The molecule has 0 spiro atoms. The third-order valence-electron chi connectivity index (χ3n) is 3.58. The zero-order valence-electron chi connectivity index (χ0n) is 13.2. The average molecular weight is 381 g/mol. The number of thiophene rings is 1. The largest absolute Gasteiger partial charge is 0.495 e. The minimum absolute atomic E-state index is 0.431. The number of hydrogen-bond acceptors (Lipinski definition) is 6. The predicted molar refractivity (Wildman–Crippen MR) is 101 cm³/mol. The van der Waals surface area contributed by atoms with Crippen LogP contribution in [0.4, 0.5) is 5.82 Å². The lowest BCUT2D eigenvalue weighted by Gasteiger charge is -2.07. The number of hydrazone groups is 1. The van der Waals surface area contributed by atoms with Crippen LogP contribution in [0.2, 0.25) is 10.0 Å². The van der Waals surface area contributed by atoms with Crippen molar-refractivity contribution < 1.29 is 4.74 Å². The van der Waals surface area contributed by atoms with Gasteiger partial charge >= 0.3 is 0 Å². The number of nitrogens with zero attached hydrogens (tertiary/aromatic N) is 3. The summed E-state index contributed by atoms with van der Waals surface area (Å²) in [4.78, 5) is 10.7. The van der Waals surface area contributed by atoms with Crippen LogP contribution in [0.1, 0.15) is 16.0 Å². The number of aromatic nitrogens is 2. The molecule has 0 unspecified atom stereocenters. The van der Waals surface area contributed by atoms with Crippen LogP contribution in [0.5, 0.6) is 5.75 Å². The van der Waals surface area contributed by atoms with Crippen LogP contribution in [0.25, 0.3) is 10.2 Å². The van der Waals surface area contributed by atoms with Gasteiger partial charge in [0.05, 0.1) is 23.7 Å². The Balaban J connectivity index is 1.93. The molecule has 5 nitrogen and oxygen atoms in total. The van der Waals surface area contributed by atoms with Crippen molar-refractivity contribution >= 4 is 56.8 Å². The van der Waals surface area contributed by atoms with Gasteiger partial charge < -0.3 is 4.74 Å². The molecule has 3 rings (SSSR count). The Bertz CT molecular complexity index is 939. The zero-order chi connectivity index (χ0) is 17.3. The van der Waals surface area contributed by atoms with Crippen LogP contribution in [0.3, 0.4) is 0 Å². The summed E-state index contributed by atoms with van der Waals surface area (Å²) in [5, 5.41) is 6.17. The van der Waals surface area contributed by atoms with E-state index in [2.05, 4.69) is 27.4 Å². The highest BCUT2D eigenvalue weighted by molar-refractivity contribution is 7.18. The molecule has 1 N–H and O–H groups in total. The van der Waals surface area contributed by atoms with Crippen molar-refractivity contribution in [2.75, 3.05) is 12.5 Å². The van der Waals surface area contributed by atoms with E-state index in [-0.39, 0.29) is 0 Å². The predicted octanol–water partition coefficient (Wildman–Crippen LogP) is 5.07. The molecule has 0 aliphatic carbocycles. The standard InChI is InChI=1S/C16H14Cl2N4OS/c1-8-9(2)24-16-13(8)15(19-7-20-16)22-21-6-10-4-11(17)5-12(18)14(10)23-3/h4-7H,1-3H3,(H,19,20,22)/b21-6+. The normalized spacial score (nSPS) is 11.4. The van der Waals surface area contributed by atoms with Gasteiger partial charge in [0.25, 0.3) is 0 Å². The van der Waals surface area contributed by atoms with Gasteiger partial charge in [0.1, 0.15) is 16.9 Å². The van der Waals surface area contributed by atoms with Gasteiger partial charge in [-0.05, 0) is 31.5 Å². The molecular formula is C16H14Cl2N4OS. The second-order valence-corrected chi connectivity index (χ2v) is 7.11. The Morgan fingerprint density at radius 1 is 1.25 bits per heavy atom. The highest BCUT2D eigenvalue weighted by Gasteiger charge is 2.12. The molecule has 0 saturated carbocycles. The monoisotopic (exact) mass is 380 g/mol. The van der Waals surface area contributed by atoms with E-state index in [1.165, 1.54) is 11.2 Å². The number of anilines is 1. The Hall–Kier alpha value is -1.89. The van der Waals surface area contributed by atoms with Crippen LogP contribution < -0.4 is 10.2 Å². The molecule has 2 aromatic heterocycles. The van der Waals surface area contributed by atoms with Gasteiger partial charge in [-0.1, -0.05) is 23.2 Å². The maximum Gasteiger partial charge on any atom is 0.158 e. The lowest BCUT2D eigenvalue weighted by molar-refractivity contribution is 0.414. The number of halogens is 2. The van der Waals surface area contributed by atoms with E-state index in [1.807, 2.05) is 6.92 Å². The minimum atomic E-state index is 0.431. The molecule has 2 heterocycles. The first-order valence-electron chi connectivity index (χ1n) is 7.04. The fourth-order valence-electron chi connectivity index (χ4n) is 2.32. The molecule has 24 heavy (non-hydrogen) atoms. The van der Waals surface area contributed by atoms with Crippen molar-refractivity contribution in [2.45, 2.75) is 13.8 Å². The molecule has 0 amide bonds. The molecule has 124 valence electrons. The SMILES string of the molecule is COc1c(Cl)cc(Cl)cc1/C=N/Nc1ncnc2sc(C)c(C)c12. The van der Waals surface area contributed by atoms with Gasteiger partial charge in [0.2, 0.25) is 0 Å². The Kier molecular flexibility index (Phi) is 4.89. The molecule has 8 heteroatoms. The zero-order valence-corrected chi connectivity index (χ0v) is 15.6. The summed E-state index contributed by atoms with van der Waals surface area (Å²) in [5.41, 5.74) is 4.79. The molecule has 0 saturated heterocycles. The van der Waals surface area contributed by atoms with Crippen molar-refractivity contribution in [3.8, 4) is 5.75 Å². The Morgan fingerprint density at radius 2 is 2.04 bits per heavy atom. The highest BCUT2D eigenvalue weighted by Crippen LogP contribution is 2.33. The maximum absolute atomic E-state index is 6.12. The average Bonchev–Trinajstić information content (AvgIpc) is 2.82. The Labute approximate surface area is 153 Å². The number of benzene rings is 1. The van der Waals surface area contributed by atoms with Crippen molar-refractivity contribution in [3.63, 3.8) is 0 Å². The summed E-state index contributed by atoms with van der Waals surface area (Å²) in [6.45, 7) is 4.11. The highest BCUT2D eigenvalue weighted by atomic mass is 35.5. The van der Waals surface area contributed by atoms with Gasteiger partial charge in [-0.15, -0.1) is 11.3 Å².